The molecule has 1 saturated heterocycles. The molecule has 0 spiro atoms. The van der Waals surface area contributed by atoms with Gasteiger partial charge in [0.2, 0.25) is 5.91 Å². The van der Waals surface area contributed by atoms with E-state index in [0.717, 1.165) is 48.6 Å². The first-order valence-corrected chi connectivity index (χ1v) is 13.3. The summed E-state index contributed by atoms with van der Waals surface area (Å²) in [7, 11) is 3.04. The number of benzene rings is 3. The van der Waals surface area contributed by atoms with Crippen LogP contribution in [0.4, 0.5) is 11.4 Å². The van der Waals surface area contributed by atoms with Crippen molar-refractivity contribution in [3.8, 4) is 11.5 Å². The highest BCUT2D eigenvalue weighted by atomic mass is 79.9. The second-order valence-corrected chi connectivity index (χ2v) is 9.93. The molecule has 9 heteroatoms. The molecule has 8 nitrogen and oxygen atoms in total. The number of hydrogen-bond acceptors (Lipinski definition) is 6. The Morgan fingerprint density at radius 1 is 1.00 bits per heavy atom. The van der Waals surface area contributed by atoms with Crippen molar-refractivity contribution in [1.29, 1.82) is 0 Å². The van der Waals surface area contributed by atoms with Crippen LogP contribution < -0.4 is 24.8 Å². The SMILES string of the molecule is COc1cccc(CNN(C(=O)Cc2cc(OC)c(C(=O)O)cc2Br)c2ccccc2N2CCCCC2)c1. The Morgan fingerprint density at radius 3 is 2.47 bits per heavy atom. The molecule has 0 aromatic heterocycles. The average Bonchev–Trinajstić information content (AvgIpc) is 2.94. The topological polar surface area (TPSA) is 91.3 Å². The number of rotatable bonds is 10. The minimum atomic E-state index is -1.10. The fourth-order valence-corrected chi connectivity index (χ4v) is 5.11. The number of para-hydroxylation sites is 2. The van der Waals surface area contributed by atoms with Crippen LogP contribution in [0, 0.1) is 0 Å². The van der Waals surface area contributed by atoms with Crippen molar-refractivity contribution < 1.29 is 24.2 Å². The first kappa shape index (κ1) is 27.5. The molecule has 1 amide bonds. The predicted molar refractivity (Wildman–Crippen MR) is 151 cm³/mol. The lowest BCUT2D eigenvalue weighted by Gasteiger charge is -2.34. The number of anilines is 2. The Morgan fingerprint density at radius 2 is 1.76 bits per heavy atom. The third-order valence-corrected chi connectivity index (χ3v) is 7.32. The van der Waals surface area contributed by atoms with Crippen LogP contribution in [0.2, 0.25) is 0 Å². The minimum Gasteiger partial charge on any atom is -0.497 e. The van der Waals surface area contributed by atoms with Gasteiger partial charge in [-0.05, 0) is 66.8 Å². The van der Waals surface area contributed by atoms with Crippen LogP contribution in [-0.2, 0) is 17.8 Å². The second kappa shape index (κ2) is 12.8. The normalized spacial score (nSPS) is 13.2. The van der Waals surface area contributed by atoms with E-state index in [1.165, 1.54) is 19.6 Å². The van der Waals surface area contributed by atoms with E-state index in [4.69, 9.17) is 9.47 Å². The van der Waals surface area contributed by atoms with Crippen LogP contribution in [0.5, 0.6) is 11.5 Å². The maximum absolute atomic E-state index is 13.9. The summed E-state index contributed by atoms with van der Waals surface area (Å²) < 4.78 is 11.2. The largest absolute Gasteiger partial charge is 0.497 e. The van der Waals surface area contributed by atoms with Crippen molar-refractivity contribution in [2.24, 2.45) is 0 Å². The highest BCUT2D eigenvalue weighted by Gasteiger charge is 2.24. The first-order valence-electron chi connectivity index (χ1n) is 12.5. The van der Waals surface area contributed by atoms with Gasteiger partial charge in [-0.3, -0.25) is 4.79 Å². The van der Waals surface area contributed by atoms with E-state index in [2.05, 4.69) is 32.3 Å². The van der Waals surface area contributed by atoms with Crippen LogP contribution in [-0.4, -0.2) is 44.3 Å². The molecule has 200 valence electrons. The van der Waals surface area contributed by atoms with Crippen LogP contribution in [0.15, 0.2) is 65.1 Å². The van der Waals surface area contributed by atoms with E-state index in [1.54, 1.807) is 18.2 Å². The number of halogens is 1. The quantitative estimate of drug-likeness (QED) is 0.308. The zero-order valence-electron chi connectivity index (χ0n) is 21.6. The Balaban J connectivity index is 1.67. The fraction of sp³-hybridized carbons (Fsp3) is 0.310. The molecule has 0 aliphatic carbocycles. The summed E-state index contributed by atoms with van der Waals surface area (Å²) in [4.78, 5) is 27.8. The molecule has 3 aromatic carbocycles. The summed E-state index contributed by atoms with van der Waals surface area (Å²) in [6.45, 7) is 2.28. The van der Waals surface area contributed by atoms with Gasteiger partial charge in [-0.15, -0.1) is 0 Å². The average molecular weight is 582 g/mol. The Hall–Kier alpha value is -3.56. The zero-order chi connectivity index (χ0) is 27.1. The standard InChI is InChI=1S/C29H32BrN3O5/c1-37-22-10-8-9-20(15-22)19-31-33(26-12-5-4-11-25(26)32-13-6-3-7-14-32)28(34)17-21-16-27(38-2)23(29(35)36)18-24(21)30/h4-5,8-12,15-16,18,31H,3,6-7,13-14,17,19H2,1-2H3,(H,35,36). The molecular formula is C29H32BrN3O5. The number of nitrogens with zero attached hydrogens (tertiary/aromatic N) is 2. The molecule has 0 atom stereocenters. The van der Waals surface area contributed by atoms with Gasteiger partial charge in [-0.25, -0.2) is 15.2 Å². The van der Waals surface area contributed by atoms with Crippen LogP contribution in [0.1, 0.15) is 40.7 Å². The summed E-state index contributed by atoms with van der Waals surface area (Å²) in [5.41, 5.74) is 6.73. The van der Waals surface area contributed by atoms with E-state index >= 15 is 0 Å². The van der Waals surface area contributed by atoms with Gasteiger partial charge in [0.05, 0.1) is 32.0 Å². The van der Waals surface area contributed by atoms with E-state index in [9.17, 15) is 14.7 Å². The first-order chi connectivity index (χ1) is 18.4. The number of nitrogens with one attached hydrogen (secondary N) is 1. The van der Waals surface area contributed by atoms with Crippen LogP contribution in [0.3, 0.4) is 0 Å². The van der Waals surface area contributed by atoms with Gasteiger partial charge in [-0.1, -0.05) is 40.2 Å². The molecule has 3 aromatic rings. The van der Waals surface area contributed by atoms with Crippen molar-refractivity contribution >= 4 is 39.2 Å². The smallest absolute Gasteiger partial charge is 0.339 e. The molecule has 4 rings (SSSR count). The fourth-order valence-electron chi connectivity index (χ4n) is 4.62. The Kier molecular flexibility index (Phi) is 9.25. The summed E-state index contributed by atoms with van der Waals surface area (Å²) in [5, 5.41) is 11.1. The van der Waals surface area contributed by atoms with Crippen molar-refractivity contribution in [2.45, 2.75) is 32.2 Å². The summed E-state index contributed by atoms with van der Waals surface area (Å²) >= 11 is 3.45. The number of carbonyl (C=O) groups excluding carboxylic acids is 1. The van der Waals surface area contributed by atoms with Crippen molar-refractivity contribution in [3.63, 3.8) is 0 Å². The molecule has 0 unspecified atom stereocenters. The highest BCUT2D eigenvalue weighted by Crippen LogP contribution is 2.33. The molecule has 1 heterocycles. The number of aromatic carboxylic acids is 1. The van der Waals surface area contributed by atoms with E-state index < -0.39 is 5.97 Å². The van der Waals surface area contributed by atoms with Gasteiger partial charge in [0.15, 0.2) is 0 Å². The van der Waals surface area contributed by atoms with E-state index in [1.807, 2.05) is 42.5 Å². The predicted octanol–water partition coefficient (Wildman–Crippen LogP) is 5.44. The van der Waals surface area contributed by atoms with Gasteiger partial charge in [0, 0.05) is 24.1 Å². The molecule has 1 aliphatic heterocycles. The number of amides is 1. The number of methoxy groups -OCH3 is 2. The molecule has 0 saturated carbocycles. The number of carbonyl (C=O) groups is 2. The third-order valence-electron chi connectivity index (χ3n) is 6.58. The summed E-state index contributed by atoms with van der Waals surface area (Å²) in [5.74, 6) is -0.348. The summed E-state index contributed by atoms with van der Waals surface area (Å²) in [6.07, 6.45) is 3.46. The summed E-state index contributed by atoms with van der Waals surface area (Å²) in [6, 6.07) is 18.7. The van der Waals surface area contributed by atoms with Crippen LogP contribution in [0.25, 0.3) is 0 Å². The number of piperidine rings is 1. The monoisotopic (exact) mass is 581 g/mol. The van der Waals surface area contributed by atoms with Gasteiger partial charge >= 0.3 is 5.97 Å². The van der Waals surface area contributed by atoms with Gasteiger partial charge < -0.3 is 19.5 Å². The Labute approximate surface area is 231 Å². The third kappa shape index (κ3) is 6.46. The lowest BCUT2D eigenvalue weighted by molar-refractivity contribution is -0.118. The molecule has 2 N–H and O–H groups in total. The Bertz CT molecular complexity index is 1290. The van der Waals surface area contributed by atoms with Crippen LogP contribution >= 0.6 is 15.9 Å². The minimum absolute atomic E-state index is 0.0241. The van der Waals surface area contributed by atoms with E-state index in [0.29, 0.717) is 16.6 Å². The molecule has 1 aliphatic rings. The number of hydrazine groups is 1. The van der Waals surface area contributed by atoms with Crippen molar-refractivity contribution in [1.82, 2.24) is 5.43 Å². The van der Waals surface area contributed by atoms with Gasteiger partial charge in [0.25, 0.3) is 0 Å². The second-order valence-electron chi connectivity index (χ2n) is 9.08. The van der Waals surface area contributed by atoms with Crippen molar-refractivity contribution in [2.75, 3.05) is 37.2 Å². The van der Waals surface area contributed by atoms with E-state index in [-0.39, 0.29) is 23.6 Å². The lowest BCUT2D eigenvalue weighted by Crippen LogP contribution is -2.45. The lowest BCUT2D eigenvalue weighted by atomic mass is 10.1. The molecule has 1 fully saturated rings. The zero-order valence-corrected chi connectivity index (χ0v) is 23.2. The van der Waals surface area contributed by atoms with Crippen molar-refractivity contribution in [3.05, 3.63) is 81.8 Å². The molecule has 0 bridgehead atoms. The maximum atomic E-state index is 13.9. The van der Waals surface area contributed by atoms with Gasteiger partial charge in [-0.2, -0.15) is 0 Å². The number of carboxylic acids is 1. The maximum Gasteiger partial charge on any atom is 0.339 e. The number of carboxylic acid groups (broad SMARTS) is 1. The molecular weight excluding hydrogens is 550 g/mol. The molecule has 0 radical (unpaired) electrons. The molecule has 38 heavy (non-hydrogen) atoms. The number of ether oxygens (including phenoxy) is 2. The number of hydrogen-bond donors (Lipinski definition) is 2. The highest BCUT2D eigenvalue weighted by molar-refractivity contribution is 9.10. The van der Waals surface area contributed by atoms with Gasteiger partial charge in [0.1, 0.15) is 17.1 Å².